The molecule has 2 N–H and O–H groups in total. The molecule has 0 amide bonds. The van der Waals surface area contributed by atoms with Crippen LogP contribution in [0.3, 0.4) is 0 Å². The molecule has 8 heteroatoms. The molecule has 0 fully saturated rings. The lowest BCUT2D eigenvalue weighted by Crippen LogP contribution is -2.35. The molecule has 0 atom stereocenters. The number of halogens is 1. The second-order valence-electron chi connectivity index (χ2n) is 3.63. The van der Waals surface area contributed by atoms with Gasteiger partial charge in [-0.25, -0.2) is 9.79 Å². The Balaban J connectivity index is 2.55. The topological polar surface area (TPSA) is 82.4 Å². The maximum atomic E-state index is 11.0. The molecular formula is C10H11ClN2O4S. The molecule has 2 rings (SSSR count). The van der Waals surface area contributed by atoms with Gasteiger partial charge < -0.3 is 4.84 Å². The van der Waals surface area contributed by atoms with E-state index in [1.165, 1.54) is 13.0 Å². The predicted octanol–water partition coefficient (Wildman–Crippen LogP) is 3.21. The summed E-state index contributed by atoms with van der Waals surface area (Å²) >= 11 is 5.81. The van der Waals surface area contributed by atoms with E-state index in [1.54, 1.807) is 12.1 Å². The molecule has 1 aliphatic rings. The van der Waals surface area contributed by atoms with Crippen molar-refractivity contribution in [2.24, 2.45) is 4.99 Å². The van der Waals surface area contributed by atoms with Crippen molar-refractivity contribution in [3.63, 3.8) is 0 Å². The Hall–Kier alpha value is -1.28. The highest BCUT2D eigenvalue weighted by molar-refractivity contribution is 8.22. The number of rotatable bonds is 1. The van der Waals surface area contributed by atoms with Gasteiger partial charge in [-0.3, -0.25) is 9.11 Å². The van der Waals surface area contributed by atoms with Gasteiger partial charge >= 0.3 is 5.97 Å². The molecule has 0 spiro atoms. The van der Waals surface area contributed by atoms with Crippen molar-refractivity contribution in [3.05, 3.63) is 23.2 Å². The quantitative estimate of drug-likeness (QED) is 0.830. The number of hydrogen-bond acceptors (Lipinski definition) is 6. The lowest BCUT2D eigenvalue weighted by Gasteiger charge is -2.43. The van der Waals surface area contributed by atoms with Crippen molar-refractivity contribution in [2.45, 2.75) is 18.7 Å². The van der Waals surface area contributed by atoms with Crippen molar-refractivity contribution in [1.29, 1.82) is 0 Å². The summed E-state index contributed by atoms with van der Waals surface area (Å²) in [5, 5.41) is 0.339. The Morgan fingerprint density at radius 2 is 2.17 bits per heavy atom. The highest BCUT2D eigenvalue weighted by Crippen LogP contribution is 2.58. The molecule has 0 radical (unpaired) electrons. The molecule has 0 aromatic heterocycles. The average molecular weight is 291 g/mol. The minimum Gasteiger partial charge on any atom is -0.320 e. The molecule has 1 aliphatic heterocycles. The van der Waals surface area contributed by atoms with Gasteiger partial charge in [0, 0.05) is 11.9 Å². The molecule has 1 heterocycles. The van der Waals surface area contributed by atoms with Crippen molar-refractivity contribution in [3.8, 4) is 0 Å². The largest absolute Gasteiger partial charge is 0.331 e. The summed E-state index contributed by atoms with van der Waals surface area (Å²) in [4.78, 5) is 20.0. The van der Waals surface area contributed by atoms with Gasteiger partial charge in [-0.2, -0.15) is 0 Å². The van der Waals surface area contributed by atoms with Crippen LogP contribution >= 0.6 is 22.4 Å². The van der Waals surface area contributed by atoms with Crippen molar-refractivity contribution in [1.82, 2.24) is 4.47 Å². The van der Waals surface area contributed by atoms with Gasteiger partial charge in [-0.15, -0.1) is 0 Å². The third-order valence-corrected chi connectivity index (χ3v) is 4.16. The number of fused-ring (bicyclic) bond motifs is 1. The fraction of sp³-hybridized carbons (Fsp3) is 0.200. The van der Waals surface area contributed by atoms with Crippen LogP contribution in [0.5, 0.6) is 0 Å². The number of hydrogen-bond donors (Lipinski definition) is 2. The molecule has 98 valence electrons. The molecule has 0 saturated heterocycles. The Labute approximate surface area is 110 Å². The molecule has 6 nitrogen and oxygen atoms in total. The average Bonchev–Trinajstić information content (AvgIpc) is 2.26. The Morgan fingerprint density at radius 1 is 1.50 bits per heavy atom. The summed E-state index contributed by atoms with van der Waals surface area (Å²) in [6.45, 7) is 2.67. The van der Waals surface area contributed by atoms with Gasteiger partial charge in [0.1, 0.15) is 4.90 Å². The maximum absolute atomic E-state index is 11.0. The Morgan fingerprint density at radius 3 is 2.78 bits per heavy atom. The monoisotopic (exact) mass is 290 g/mol. The van der Waals surface area contributed by atoms with E-state index < -0.39 is 16.7 Å². The van der Waals surface area contributed by atoms with Crippen molar-refractivity contribution < 1.29 is 18.7 Å². The minimum atomic E-state index is -3.47. The zero-order valence-electron chi connectivity index (χ0n) is 9.62. The highest BCUT2D eigenvalue weighted by atomic mass is 35.5. The first kappa shape index (κ1) is 13.2. The second kappa shape index (κ2) is 4.43. The van der Waals surface area contributed by atoms with E-state index in [4.69, 9.17) is 16.4 Å². The number of benzene rings is 1. The molecule has 0 bridgehead atoms. The van der Waals surface area contributed by atoms with E-state index in [2.05, 4.69) is 4.99 Å². The van der Waals surface area contributed by atoms with E-state index in [-0.39, 0.29) is 10.7 Å². The van der Waals surface area contributed by atoms with Gasteiger partial charge in [0.05, 0.1) is 5.69 Å². The number of aliphatic imine (C=N–C) groups is 1. The lowest BCUT2D eigenvalue weighted by molar-refractivity contribution is -0.158. The van der Waals surface area contributed by atoms with E-state index in [1.807, 2.05) is 0 Å². The summed E-state index contributed by atoms with van der Waals surface area (Å²) in [6, 6.07) is 4.55. The molecule has 0 aliphatic carbocycles. The van der Waals surface area contributed by atoms with Gasteiger partial charge in [0.15, 0.2) is 5.84 Å². The second-order valence-corrected chi connectivity index (χ2v) is 5.88. The summed E-state index contributed by atoms with van der Waals surface area (Å²) in [5.74, 6) is -0.491. The van der Waals surface area contributed by atoms with Crippen LogP contribution < -0.4 is 0 Å². The predicted molar refractivity (Wildman–Crippen MR) is 68.9 cm³/mol. The first-order valence-corrected chi connectivity index (χ1v) is 6.82. The van der Waals surface area contributed by atoms with E-state index in [0.29, 0.717) is 15.2 Å². The first-order chi connectivity index (χ1) is 8.32. The number of carbonyl (C=O) groups excluding carboxylic acids is 1. The van der Waals surface area contributed by atoms with Gasteiger partial charge in [-0.1, -0.05) is 26.8 Å². The molecular weight excluding hydrogens is 280 g/mol. The number of amidine groups is 1. The lowest BCUT2D eigenvalue weighted by atomic mass is 10.3. The van der Waals surface area contributed by atoms with Crippen LogP contribution in [0, 0.1) is 0 Å². The van der Waals surface area contributed by atoms with E-state index in [9.17, 15) is 13.9 Å². The first-order valence-electron chi connectivity index (χ1n) is 4.94. The Bertz CT molecular complexity index is 547. The van der Waals surface area contributed by atoms with Gasteiger partial charge in [0.25, 0.3) is 0 Å². The molecule has 1 aromatic carbocycles. The van der Waals surface area contributed by atoms with Crippen LogP contribution in [0.25, 0.3) is 0 Å². The third-order valence-electron chi connectivity index (χ3n) is 2.21. The number of hydroxylamine groups is 1. The Kier molecular flexibility index (Phi) is 3.24. The molecule has 1 aromatic rings. The zero-order chi connectivity index (χ0) is 13.5. The van der Waals surface area contributed by atoms with Crippen LogP contribution in [0.2, 0.25) is 5.02 Å². The summed E-state index contributed by atoms with van der Waals surface area (Å²) in [6.07, 6.45) is 0. The minimum absolute atomic E-state index is 0.127. The van der Waals surface area contributed by atoms with Gasteiger partial charge in [0.2, 0.25) is 0 Å². The summed E-state index contributed by atoms with van der Waals surface area (Å²) in [5.41, 5.74) is 0.389. The highest BCUT2D eigenvalue weighted by Gasteiger charge is 2.35. The van der Waals surface area contributed by atoms with E-state index >= 15 is 0 Å². The van der Waals surface area contributed by atoms with Crippen LogP contribution in [0.4, 0.5) is 5.69 Å². The summed E-state index contributed by atoms with van der Waals surface area (Å²) in [7, 11) is -3.47. The fourth-order valence-corrected chi connectivity index (χ4v) is 3.24. The fourth-order valence-electron chi connectivity index (χ4n) is 1.52. The van der Waals surface area contributed by atoms with Crippen molar-refractivity contribution in [2.75, 3.05) is 0 Å². The van der Waals surface area contributed by atoms with Crippen molar-refractivity contribution >= 4 is 39.9 Å². The number of nitrogens with zero attached hydrogens (tertiary/aromatic N) is 2. The van der Waals surface area contributed by atoms with Gasteiger partial charge in [-0.05, 0) is 25.1 Å². The molecule has 0 unspecified atom stereocenters. The molecule has 18 heavy (non-hydrogen) atoms. The smallest absolute Gasteiger partial charge is 0.320 e. The normalized spacial score (nSPS) is 18.7. The SMILES string of the molecule is CC(=O)ON1C(C)=Nc2ccc(Cl)cc2S1(O)O. The van der Waals surface area contributed by atoms with Crippen LogP contribution in [0.15, 0.2) is 28.1 Å². The summed E-state index contributed by atoms with van der Waals surface area (Å²) < 4.78 is 21.1. The third kappa shape index (κ3) is 2.17. The van der Waals surface area contributed by atoms with Crippen LogP contribution in [0.1, 0.15) is 13.8 Å². The van der Waals surface area contributed by atoms with Crippen LogP contribution in [-0.4, -0.2) is 25.4 Å². The van der Waals surface area contributed by atoms with Crippen LogP contribution in [-0.2, 0) is 9.63 Å². The maximum Gasteiger partial charge on any atom is 0.331 e. The standard InChI is InChI=1S/C10H11ClN2O4S/c1-6-12-9-4-3-8(11)5-10(9)18(15,16)13(6)17-7(2)14/h3-5,15-16H,1-2H3. The molecule has 0 saturated carbocycles. The number of carbonyl (C=O) groups is 1. The van der Waals surface area contributed by atoms with E-state index in [0.717, 1.165) is 6.92 Å². The zero-order valence-corrected chi connectivity index (χ0v) is 11.2.